The van der Waals surface area contributed by atoms with Gasteiger partial charge in [0.25, 0.3) is 0 Å². The molecule has 208 valence electrons. The number of hydrogen-bond donors (Lipinski definition) is 0. The summed E-state index contributed by atoms with van der Waals surface area (Å²) < 4.78 is 15.2. The Bertz CT molecular complexity index is 859. The van der Waals surface area contributed by atoms with E-state index in [2.05, 4.69) is 0 Å². The van der Waals surface area contributed by atoms with Crippen molar-refractivity contribution in [3.8, 4) is 0 Å². The summed E-state index contributed by atoms with van der Waals surface area (Å²) in [6.07, 6.45) is 7.49. The molecule has 3 rings (SSSR count). The third kappa shape index (κ3) is 7.31. The fourth-order valence-corrected chi connectivity index (χ4v) is 6.14. The van der Waals surface area contributed by atoms with Crippen LogP contribution in [-0.2, 0) is 42.6 Å². The molecule has 2 fully saturated rings. The van der Waals surface area contributed by atoms with Crippen LogP contribution in [0.3, 0.4) is 0 Å². The minimum atomic E-state index is -0.584. The lowest BCUT2D eigenvalue weighted by Crippen LogP contribution is -2.60. The number of carbonyl (C=O) groups is 2. The number of rotatable bonds is 8. The van der Waals surface area contributed by atoms with E-state index in [1.165, 1.54) is 0 Å². The maximum Gasteiger partial charge on any atom is 0.310 e. The molecule has 0 amide bonds. The smallest absolute Gasteiger partial charge is 0.310 e. The van der Waals surface area contributed by atoms with Crippen molar-refractivity contribution in [2.24, 2.45) is 0 Å². The topological polar surface area (TPSA) is 108 Å². The number of nitrogens with zero attached hydrogens (tertiary/aromatic N) is 4. The van der Waals surface area contributed by atoms with Crippen LogP contribution in [0.2, 0.25) is 0 Å². The van der Waals surface area contributed by atoms with E-state index in [4.69, 9.17) is 9.47 Å². The number of esters is 2. The molecule has 0 saturated carbocycles. The van der Waals surface area contributed by atoms with Crippen LogP contribution in [0.5, 0.6) is 0 Å². The summed E-state index contributed by atoms with van der Waals surface area (Å²) in [5, 5.41) is 27.2. The van der Waals surface area contributed by atoms with Crippen LogP contribution in [0.1, 0.15) is 93.9 Å². The van der Waals surface area contributed by atoms with Crippen LogP contribution in [0.15, 0.2) is 18.7 Å². The Kier molecular flexibility index (Phi) is 8.49. The van der Waals surface area contributed by atoms with Crippen LogP contribution >= 0.6 is 0 Å². The highest BCUT2D eigenvalue weighted by molar-refractivity contribution is 5.69. The molecular formula is C27H45N4O6+. The average Bonchev–Trinajstić information content (AvgIpc) is 3.20. The minimum Gasteiger partial charge on any atom is -0.462 e. The Hall–Kier alpha value is -2.01. The van der Waals surface area contributed by atoms with Gasteiger partial charge in [-0.2, -0.15) is 0 Å². The van der Waals surface area contributed by atoms with Gasteiger partial charge in [0.1, 0.15) is 37.7 Å². The van der Waals surface area contributed by atoms with E-state index >= 15 is 0 Å². The molecule has 0 aromatic carbocycles. The molecule has 0 atom stereocenters. The number of hydroxylamine groups is 4. The van der Waals surface area contributed by atoms with E-state index in [-0.39, 0.29) is 37.0 Å². The average molecular weight is 522 g/mol. The van der Waals surface area contributed by atoms with E-state index < -0.39 is 22.2 Å². The molecule has 10 nitrogen and oxygen atoms in total. The van der Waals surface area contributed by atoms with E-state index in [9.17, 15) is 20.0 Å². The molecule has 2 aliphatic rings. The molecule has 37 heavy (non-hydrogen) atoms. The first-order valence-electron chi connectivity index (χ1n) is 13.3. The lowest BCUT2D eigenvalue weighted by Gasteiger charge is -2.49. The van der Waals surface area contributed by atoms with Gasteiger partial charge in [-0.1, -0.05) is 0 Å². The number of hydrogen-bond acceptors (Lipinski definition) is 6. The standard InChI is InChI=1S/C27H45N4O6/c1-24(2)15-20(16-25(3,4)30(24)34)36-22(32)9-11-28-13-14-29(19-28)12-10-23(33)37-21-17-26(5,6)31(35)27(7,8)18-21/h13-14,19-21H,9-12,15-18H2,1-8H3/q+1. The van der Waals surface area contributed by atoms with Gasteiger partial charge in [-0.15, -0.1) is 20.5 Å². The highest BCUT2D eigenvalue weighted by Gasteiger charge is 2.48. The second-order valence-electron chi connectivity index (χ2n) is 13.3. The predicted molar refractivity (Wildman–Crippen MR) is 133 cm³/mol. The Balaban J connectivity index is 1.42. The SMILES string of the molecule is CC1(C)CC(OC(=O)CCn2cc[n+](CCC(=O)OC3CC(C)(C)N([O])C(C)(C)C3)c2)CC(C)(C)N1[O]. The first-order chi connectivity index (χ1) is 16.9. The second kappa shape index (κ2) is 10.6. The molecule has 0 spiro atoms. The number of piperidine rings is 2. The summed E-state index contributed by atoms with van der Waals surface area (Å²) in [4.78, 5) is 25.0. The number of carbonyl (C=O) groups excluding carboxylic acids is 2. The first-order valence-corrected chi connectivity index (χ1v) is 13.3. The summed E-state index contributed by atoms with van der Waals surface area (Å²) in [7, 11) is 0. The van der Waals surface area contributed by atoms with Gasteiger partial charge < -0.3 is 9.47 Å². The molecule has 1 aromatic rings. The molecule has 0 aliphatic carbocycles. The zero-order chi connectivity index (χ0) is 27.8. The van der Waals surface area contributed by atoms with Gasteiger partial charge in [0.05, 0.1) is 12.8 Å². The Morgan fingerprint density at radius 3 is 1.59 bits per heavy atom. The van der Waals surface area contributed by atoms with Crippen LogP contribution in [0, 0.1) is 0 Å². The van der Waals surface area contributed by atoms with Crippen molar-refractivity contribution in [1.29, 1.82) is 0 Å². The highest BCUT2D eigenvalue weighted by atomic mass is 16.6. The number of imidazole rings is 1. The van der Waals surface area contributed by atoms with Crippen molar-refractivity contribution >= 4 is 11.9 Å². The van der Waals surface area contributed by atoms with Gasteiger partial charge in [0.2, 0.25) is 6.33 Å². The second-order valence-corrected chi connectivity index (χ2v) is 13.3. The summed E-state index contributed by atoms with van der Waals surface area (Å²) in [5.41, 5.74) is -2.33. The van der Waals surface area contributed by atoms with Gasteiger partial charge >= 0.3 is 11.9 Å². The van der Waals surface area contributed by atoms with Crippen molar-refractivity contribution in [3.63, 3.8) is 0 Å². The van der Waals surface area contributed by atoms with Crippen LogP contribution < -0.4 is 4.57 Å². The van der Waals surface area contributed by atoms with Crippen molar-refractivity contribution in [2.75, 3.05) is 0 Å². The zero-order valence-electron chi connectivity index (χ0n) is 23.8. The van der Waals surface area contributed by atoms with Crippen molar-refractivity contribution < 1.29 is 34.0 Å². The van der Waals surface area contributed by atoms with E-state index in [0.29, 0.717) is 38.8 Å². The molecule has 0 N–H and O–H groups in total. The fourth-order valence-electron chi connectivity index (χ4n) is 6.14. The minimum absolute atomic E-state index is 0.221. The van der Waals surface area contributed by atoms with Gasteiger partial charge in [-0.3, -0.25) is 9.59 Å². The molecule has 2 radical (unpaired) electrons. The zero-order valence-corrected chi connectivity index (χ0v) is 23.8. The molecule has 1 aromatic heterocycles. The monoisotopic (exact) mass is 521 g/mol. The van der Waals surface area contributed by atoms with Crippen molar-refractivity contribution in [1.82, 2.24) is 14.7 Å². The van der Waals surface area contributed by atoms with E-state index in [0.717, 1.165) is 10.1 Å². The van der Waals surface area contributed by atoms with Gasteiger partial charge in [0, 0.05) is 47.8 Å². The first kappa shape index (κ1) is 29.5. The fraction of sp³-hybridized carbons (Fsp3) is 0.815. The third-order valence-corrected chi connectivity index (χ3v) is 7.60. The summed E-state index contributed by atoms with van der Waals surface area (Å²) >= 11 is 0. The van der Waals surface area contributed by atoms with Gasteiger partial charge in [-0.25, -0.2) is 9.13 Å². The lowest BCUT2D eigenvalue weighted by molar-refractivity contribution is -0.695. The maximum atomic E-state index is 12.5. The molecule has 0 unspecified atom stereocenters. The van der Waals surface area contributed by atoms with Crippen LogP contribution in [0.25, 0.3) is 0 Å². The normalized spacial score (nSPS) is 24.1. The van der Waals surface area contributed by atoms with E-state index in [1.54, 1.807) is 0 Å². The molecule has 2 saturated heterocycles. The van der Waals surface area contributed by atoms with Crippen molar-refractivity contribution in [3.05, 3.63) is 18.7 Å². The summed E-state index contributed by atoms with van der Waals surface area (Å²) in [6, 6.07) is 0. The highest BCUT2D eigenvalue weighted by Crippen LogP contribution is 2.39. The molecule has 2 aliphatic heterocycles. The van der Waals surface area contributed by atoms with Crippen molar-refractivity contribution in [2.45, 2.75) is 141 Å². The number of ether oxygens (including phenoxy) is 2. The van der Waals surface area contributed by atoms with Crippen LogP contribution in [0.4, 0.5) is 0 Å². The molecule has 0 bridgehead atoms. The quantitative estimate of drug-likeness (QED) is 0.383. The van der Waals surface area contributed by atoms with E-state index in [1.807, 2.05) is 83.2 Å². The number of aryl methyl sites for hydroxylation is 2. The van der Waals surface area contributed by atoms with Gasteiger partial charge in [-0.05, 0) is 55.4 Å². The van der Waals surface area contributed by atoms with Crippen LogP contribution in [-0.4, -0.2) is 61.0 Å². The summed E-state index contributed by atoms with van der Waals surface area (Å²) in [5.74, 6) is -0.565. The molecular weight excluding hydrogens is 476 g/mol. The Morgan fingerprint density at radius 1 is 0.757 bits per heavy atom. The predicted octanol–water partition coefficient (Wildman–Crippen LogP) is 3.38. The number of aromatic nitrogens is 2. The van der Waals surface area contributed by atoms with Gasteiger partial charge in [0.15, 0.2) is 0 Å². The molecule has 3 heterocycles. The summed E-state index contributed by atoms with van der Waals surface area (Å²) in [6.45, 7) is 16.0. The molecule has 10 heteroatoms. The third-order valence-electron chi connectivity index (χ3n) is 7.60. The Labute approximate surface area is 221 Å². The lowest BCUT2D eigenvalue weighted by atomic mass is 9.80. The largest absolute Gasteiger partial charge is 0.462 e. The Morgan fingerprint density at radius 2 is 1.16 bits per heavy atom. The maximum absolute atomic E-state index is 12.5.